The first-order chi connectivity index (χ1) is 13.1. The zero-order valence-corrected chi connectivity index (χ0v) is 16.2. The maximum atomic E-state index is 14.0. The summed E-state index contributed by atoms with van der Waals surface area (Å²) in [6, 6.07) is 14.8. The van der Waals surface area contributed by atoms with Gasteiger partial charge in [0, 0.05) is 4.70 Å². The van der Waals surface area contributed by atoms with Crippen LogP contribution in [0.3, 0.4) is 0 Å². The summed E-state index contributed by atoms with van der Waals surface area (Å²) in [5.74, 6) is -0.264. The first-order valence-corrected chi connectivity index (χ1v) is 10.1. The van der Waals surface area contributed by atoms with Gasteiger partial charge in [0.05, 0.1) is 41.8 Å². The summed E-state index contributed by atoms with van der Waals surface area (Å²) in [6.45, 7) is 3.35. The number of amides is 2. The molecule has 0 radical (unpaired) electrons. The van der Waals surface area contributed by atoms with E-state index in [2.05, 4.69) is 5.32 Å². The highest BCUT2D eigenvalue weighted by Crippen LogP contribution is 2.29. The molecule has 0 atom stereocenters. The Kier molecular flexibility index (Phi) is 5.29. The molecule has 2 heterocycles. The van der Waals surface area contributed by atoms with Crippen molar-refractivity contribution in [3.05, 3.63) is 64.9 Å². The Morgan fingerprint density at radius 3 is 2.70 bits per heavy atom. The van der Waals surface area contributed by atoms with E-state index in [4.69, 9.17) is 11.6 Å². The number of halogens is 2. The van der Waals surface area contributed by atoms with Crippen molar-refractivity contribution in [1.82, 2.24) is 4.90 Å². The van der Waals surface area contributed by atoms with Crippen LogP contribution >= 0.6 is 22.9 Å². The number of quaternary nitrogens is 1. The molecule has 4 rings (SSSR count). The number of thiophene rings is 1. The molecular formula is C20H20ClFN3OS+. The minimum absolute atomic E-state index is 0.0791. The van der Waals surface area contributed by atoms with Crippen molar-refractivity contribution in [1.29, 1.82) is 0 Å². The van der Waals surface area contributed by atoms with Crippen molar-refractivity contribution in [3.63, 3.8) is 0 Å². The zero-order valence-electron chi connectivity index (χ0n) is 14.7. The van der Waals surface area contributed by atoms with Crippen LogP contribution in [0.4, 0.5) is 14.2 Å². The number of benzene rings is 2. The third kappa shape index (κ3) is 4.08. The Balaban J connectivity index is 1.34. The quantitative estimate of drug-likeness (QED) is 0.687. The molecule has 1 aromatic heterocycles. The number of nitrogens with one attached hydrogen (secondary N) is 2. The van der Waals surface area contributed by atoms with Gasteiger partial charge in [-0.25, -0.2) is 9.18 Å². The molecule has 2 aromatic carbocycles. The van der Waals surface area contributed by atoms with E-state index >= 15 is 0 Å². The van der Waals surface area contributed by atoms with E-state index in [9.17, 15) is 9.18 Å². The van der Waals surface area contributed by atoms with E-state index in [0.717, 1.165) is 28.2 Å². The second-order valence-electron chi connectivity index (χ2n) is 6.69. The summed E-state index contributed by atoms with van der Waals surface area (Å²) in [7, 11) is 0. The fourth-order valence-corrected chi connectivity index (χ4v) is 4.56. The first-order valence-electron chi connectivity index (χ1n) is 8.91. The Morgan fingerprint density at radius 1 is 1.19 bits per heavy atom. The molecule has 1 aliphatic heterocycles. The molecule has 1 aliphatic rings. The normalized spacial score (nSPS) is 15.3. The molecule has 1 saturated heterocycles. The second kappa shape index (κ2) is 7.84. The number of carbonyl (C=O) groups is 1. The predicted molar refractivity (Wildman–Crippen MR) is 108 cm³/mol. The van der Waals surface area contributed by atoms with Crippen LogP contribution in [0.2, 0.25) is 5.02 Å². The van der Waals surface area contributed by atoms with Gasteiger partial charge in [-0.3, -0.25) is 5.32 Å². The van der Waals surface area contributed by atoms with Crippen LogP contribution in [0.15, 0.2) is 48.5 Å². The standard InChI is InChI=1S/C20H19ClFN3OS/c21-16-5-3-6-17(22)15(16)13-24-8-10-25(11-9-24)20(26)23-19-12-14-4-1-2-7-18(14)27-19/h1-7,12H,8-11,13H2,(H,23,26)/p+1. The number of fused-ring (bicyclic) bond motifs is 1. The van der Waals surface area contributed by atoms with Crippen LogP contribution in [0, 0.1) is 5.82 Å². The molecule has 0 unspecified atom stereocenters. The highest BCUT2D eigenvalue weighted by atomic mass is 35.5. The minimum atomic E-state index is -0.264. The maximum absolute atomic E-state index is 14.0. The number of hydrogen-bond donors (Lipinski definition) is 2. The van der Waals surface area contributed by atoms with Crippen LogP contribution in [-0.2, 0) is 6.54 Å². The average molecular weight is 405 g/mol. The summed E-state index contributed by atoms with van der Waals surface area (Å²) >= 11 is 7.70. The lowest BCUT2D eigenvalue weighted by Gasteiger charge is -2.32. The van der Waals surface area contributed by atoms with Gasteiger partial charge in [0.2, 0.25) is 0 Å². The van der Waals surface area contributed by atoms with E-state index in [0.29, 0.717) is 30.2 Å². The monoisotopic (exact) mass is 404 g/mol. The summed E-state index contributed by atoms with van der Waals surface area (Å²) < 4.78 is 15.1. The molecule has 0 saturated carbocycles. The Bertz CT molecular complexity index is 916. The number of hydrogen-bond acceptors (Lipinski definition) is 2. The van der Waals surface area contributed by atoms with E-state index in [1.807, 2.05) is 35.2 Å². The van der Waals surface area contributed by atoms with Crippen molar-refractivity contribution < 1.29 is 14.1 Å². The van der Waals surface area contributed by atoms with E-state index in [1.165, 1.54) is 11.0 Å². The van der Waals surface area contributed by atoms with Crippen molar-refractivity contribution >= 4 is 44.1 Å². The fraction of sp³-hybridized carbons (Fsp3) is 0.250. The number of urea groups is 1. The van der Waals surface area contributed by atoms with Crippen LogP contribution in [-0.4, -0.2) is 37.1 Å². The smallest absolute Gasteiger partial charge is 0.322 e. The van der Waals surface area contributed by atoms with Crippen LogP contribution < -0.4 is 10.2 Å². The maximum Gasteiger partial charge on any atom is 0.322 e. The van der Waals surface area contributed by atoms with Gasteiger partial charge in [-0.05, 0) is 29.7 Å². The molecule has 0 bridgehead atoms. The lowest BCUT2D eigenvalue weighted by atomic mass is 10.2. The summed E-state index contributed by atoms with van der Waals surface area (Å²) in [4.78, 5) is 15.6. The third-order valence-electron chi connectivity index (χ3n) is 4.90. The van der Waals surface area contributed by atoms with Crippen LogP contribution in [0.5, 0.6) is 0 Å². The number of anilines is 1. The fourth-order valence-electron chi connectivity index (χ4n) is 3.38. The van der Waals surface area contributed by atoms with E-state index in [-0.39, 0.29) is 11.8 Å². The molecule has 0 spiro atoms. The molecule has 2 N–H and O–H groups in total. The average Bonchev–Trinajstić information content (AvgIpc) is 3.07. The Hall–Kier alpha value is -2.15. The summed E-state index contributed by atoms with van der Waals surface area (Å²) in [6.07, 6.45) is 0. The first kappa shape index (κ1) is 18.2. The Morgan fingerprint density at radius 2 is 1.96 bits per heavy atom. The largest absolute Gasteiger partial charge is 0.328 e. The summed E-state index contributed by atoms with van der Waals surface area (Å²) in [5, 5.41) is 5.45. The number of carbonyl (C=O) groups excluding carboxylic acids is 1. The van der Waals surface area contributed by atoms with E-state index < -0.39 is 0 Å². The predicted octanol–water partition coefficient (Wildman–Crippen LogP) is 3.63. The molecule has 2 amide bonds. The molecule has 0 aliphatic carbocycles. The van der Waals surface area contributed by atoms with Gasteiger partial charge >= 0.3 is 6.03 Å². The molecule has 140 valence electrons. The molecule has 1 fully saturated rings. The molecule has 4 nitrogen and oxygen atoms in total. The van der Waals surface area contributed by atoms with Gasteiger partial charge in [-0.1, -0.05) is 35.9 Å². The van der Waals surface area contributed by atoms with Crippen molar-refractivity contribution in [2.45, 2.75) is 6.54 Å². The lowest BCUT2D eigenvalue weighted by Crippen LogP contribution is -3.13. The number of piperazine rings is 1. The highest BCUT2D eigenvalue weighted by molar-refractivity contribution is 7.22. The number of rotatable bonds is 3. The van der Waals surface area contributed by atoms with Gasteiger partial charge in [0.25, 0.3) is 0 Å². The summed E-state index contributed by atoms with van der Waals surface area (Å²) in [5.41, 5.74) is 0.553. The third-order valence-corrected chi connectivity index (χ3v) is 6.29. The van der Waals surface area contributed by atoms with Crippen molar-refractivity contribution in [2.24, 2.45) is 0 Å². The molecule has 3 aromatic rings. The second-order valence-corrected chi connectivity index (χ2v) is 8.18. The van der Waals surface area contributed by atoms with Gasteiger partial charge in [-0.2, -0.15) is 0 Å². The van der Waals surface area contributed by atoms with Crippen molar-refractivity contribution in [3.8, 4) is 0 Å². The van der Waals surface area contributed by atoms with Crippen LogP contribution in [0.1, 0.15) is 5.56 Å². The van der Waals surface area contributed by atoms with Gasteiger partial charge in [0.1, 0.15) is 12.4 Å². The zero-order chi connectivity index (χ0) is 18.8. The van der Waals surface area contributed by atoms with Crippen LogP contribution in [0.25, 0.3) is 10.1 Å². The highest BCUT2D eigenvalue weighted by Gasteiger charge is 2.25. The molecular weight excluding hydrogens is 385 g/mol. The van der Waals surface area contributed by atoms with Gasteiger partial charge in [0.15, 0.2) is 0 Å². The van der Waals surface area contributed by atoms with Gasteiger partial charge < -0.3 is 9.80 Å². The topological polar surface area (TPSA) is 36.8 Å². The number of nitrogens with zero attached hydrogens (tertiary/aromatic N) is 1. The lowest BCUT2D eigenvalue weighted by molar-refractivity contribution is -0.917. The SMILES string of the molecule is O=C(Nc1cc2ccccc2s1)N1CC[NH+](Cc2c(F)cccc2Cl)CC1. The minimum Gasteiger partial charge on any atom is -0.328 e. The Labute approximate surface area is 166 Å². The van der Waals surface area contributed by atoms with E-state index in [1.54, 1.807) is 23.5 Å². The molecule has 27 heavy (non-hydrogen) atoms. The molecule has 7 heteroatoms. The van der Waals surface area contributed by atoms with Crippen molar-refractivity contribution in [2.75, 3.05) is 31.5 Å². The van der Waals surface area contributed by atoms with Gasteiger partial charge in [-0.15, -0.1) is 11.3 Å².